The minimum absolute atomic E-state index is 0.0295. The molecule has 2 rings (SSSR count). The minimum Gasteiger partial charge on any atom is -0.369 e. The van der Waals surface area contributed by atoms with Gasteiger partial charge in [0.05, 0.1) is 0 Å². The van der Waals surface area contributed by atoms with E-state index >= 15 is 0 Å². The Morgan fingerprint density at radius 2 is 1.27 bits per heavy atom. The molecule has 0 radical (unpaired) electrons. The van der Waals surface area contributed by atoms with E-state index in [1.165, 1.54) is 11.1 Å². The number of rotatable bonds is 4. The van der Waals surface area contributed by atoms with Crippen LogP contribution in [0.3, 0.4) is 0 Å². The predicted molar refractivity (Wildman–Crippen MR) is 95.1 cm³/mol. The van der Waals surface area contributed by atoms with Gasteiger partial charge in [-0.15, -0.1) is 0 Å². The van der Waals surface area contributed by atoms with Crippen molar-refractivity contribution in [3.05, 3.63) is 59.7 Å². The largest absolute Gasteiger partial charge is 0.369 e. The first-order chi connectivity index (χ1) is 10.4. The highest BCUT2D eigenvalue weighted by Gasteiger charge is 2.14. The molecule has 0 fully saturated rings. The second kappa shape index (κ2) is 6.65. The lowest BCUT2D eigenvalue weighted by Crippen LogP contribution is -2.32. The van der Waals surface area contributed by atoms with Gasteiger partial charge in [-0.3, -0.25) is 10.3 Å². The van der Waals surface area contributed by atoms with Gasteiger partial charge in [-0.05, 0) is 47.2 Å². The molecule has 0 bridgehead atoms. The molecule has 0 saturated heterocycles. The van der Waals surface area contributed by atoms with Crippen LogP contribution in [0.1, 0.15) is 50.7 Å². The third-order valence-electron chi connectivity index (χ3n) is 3.83. The first-order valence-electron chi connectivity index (χ1n) is 7.74. The van der Waals surface area contributed by atoms with Crippen molar-refractivity contribution in [3.8, 4) is 0 Å². The number of hydrogen-bond donors (Lipinski definition) is 2. The summed E-state index contributed by atoms with van der Waals surface area (Å²) < 4.78 is 0. The number of guanidine groups is 1. The average molecular weight is 295 g/mol. The van der Waals surface area contributed by atoms with Gasteiger partial charge >= 0.3 is 0 Å². The Hall–Kier alpha value is -2.29. The highest BCUT2D eigenvalue weighted by Crippen LogP contribution is 2.29. The Balaban J connectivity index is 2.49. The van der Waals surface area contributed by atoms with Crippen molar-refractivity contribution in [1.82, 2.24) is 0 Å². The van der Waals surface area contributed by atoms with E-state index in [4.69, 9.17) is 11.1 Å². The van der Waals surface area contributed by atoms with Crippen LogP contribution < -0.4 is 10.6 Å². The van der Waals surface area contributed by atoms with Gasteiger partial charge in [0.2, 0.25) is 0 Å². The van der Waals surface area contributed by atoms with Crippen molar-refractivity contribution in [1.29, 1.82) is 5.41 Å². The monoisotopic (exact) mass is 295 g/mol. The van der Waals surface area contributed by atoms with Crippen LogP contribution in [0.2, 0.25) is 0 Å². The molecule has 0 heterocycles. The summed E-state index contributed by atoms with van der Waals surface area (Å²) in [6.07, 6.45) is 0. The van der Waals surface area contributed by atoms with Gasteiger partial charge in [0.15, 0.2) is 5.96 Å². The lowest BCUT2D eigenvalue weighted by Gasteiger charge is -2.25. The molecule has 0 unspecified atom stereocenters. The van der Waals surface area contributed by atoms with Crippen LogP contribution >= 0.6 is 0 Å². The second-order valence-electron chi connectivity index (χ2n) is 6.22. The number of hydrogen-bond acceptors (Lipinski definition) is 1. The molecule has 0 aliphatic heterocycles. The zero-order valence-corrected chi connectivity index (χ0v) is 13.8. The van der Waals surface area contributed by atoms with Crippen molar-refractivity contribution >= 4 is 17.3 Å². The first-order valence-corrected chi connectivity index (χ1v) is 7.74. The Morgan fingerprint density at radius 1 is 0.864 bits per heavy atom. The van der Waals surface area contributed by atoms with Crippen LogP contribution in [0.5, 0.6) is 0 Å². The van der Waals surface area contributed by atoms with E-state index in [0.29, 0.717) is 11.8 Å². The summed E-state index contributed by atoms with van der Waals surface area (Å²) >= 11 is 0. The molecule has 22 heavy (non-hydrogen) atoms. The van der Waals surface area contributed by atoms with Crippen LogP contribution in [0.4, 0.5) is 11.4 Å². The van der Waals surface area contributed by atoms with Crippen LogP contribution in [0, 0.1) is 5.41 Å². The fourth-order valence-electron chi connectivity index (χ4n) is 2.47. The summed E-state index contributed by atoms with van der Waals surface area (Å²) in [7, 11) is 0. The van der Waals surface area contributed by atoms with Gasteiger partial charge in [0, 0.05) is 11.4 Å². The molecule has 3 nitrogen and oxygen atoms in total. The second-order valence-corrected chi connectivity index (χ2v) is 6.22. The van der Waals surface area contributed by atoms with Gasteiger partial charge < -0.3 is 5.73 Å². The number of nitrogens with two attached hydrogens (primary N) is 1. The summed E-state index contributed by atoms with van der Waals surface area (Å²) in [4.78, 5) is 1.79. The Bertz CT molecular complexity index is 608. The molecule has 0 aromatic heterocycles. The van der Waals surface area contributed by atoms with Crippen LogP contribution in [-0.2, 0) is 0 Å². The zero-order valence-electron chi connectivity index (χ0n) is 13.8. The van der Waals surface area contributed by atoms with E-state index < -0.39 is 0 Å². The lowest BCUT2D eigenvalue weighted by atomic mass is 10.0. The topological polar surface area (TPSA) is 53.1 Å². The number of nitrogens with zero attached hydrogens (tertiary/aromatic N) is 1. The summed E-state index contributed by atoms with van der Waals surface area (Å²) in [5.74, 6) is 0.910. The summed E-state index contributed by atoms with van der Waals surface area (Å²) in [5.41, 5.74) is 10.2. The van der Waals surface area contributed by atoms with Crippen LogP contribution in [-0.4, -0.2) is 5.96 Å². The lowest BCUT2D eigenvalue weighted by molar-refractivity contribution is 0.864. The van der Waals surface area contributed by atoms with Crippen molar-refractivity contribution in [2.75, 3.05) is 4.90 Å². The molecular weight excluding hydrogens is 270 g/mol. The maximum Gasteiger partial charge on any atom is 0.197 e. The number of nitrogens with one attached hydrogen (secondary N) is 1. The van der Waals surface area contributed by atoms with Crippen molar-refractivity contribution in [3.63, 3.8) is 0 Å². The normalized spacial score (nSPS) is 11.0. The van der Waals surface area contributed by atoms with Crippen LogP contribution in [0.15, 0.2) is 48.5 Å². The Morgan fingerprint density at radius 3 is 1.59 bits per heavy atom. The van der Waals surface area contributed by atoms with Gasteiger partial charge in [-0.25, -0.2) is 0 Å². The number of benzene rings is 2. The van der Waals surface area contributed by atoms with Crippen molar-refractivity contribution in [2.24, 2.45) is 5.73 Å². The molecule has 3 N–H and O–H groups in total. The van der Waals surface area contributed by atoms with E-state index in [0.717, 1.165) is 11.4 Å². The molecule has 0 aliphatic carbocycles. The molecule has 2 aromatic carbocycles. The highest BCUT2D eigenvalue weighted by molar-refractivity contribution is 6.00. The molecule has 0 spiro atoms. The molecule has 2 aromatic rings. The summed E-state index contributed by atoms with van der Waals surface area (Å²) in [6.45, 7) is 8.65. The highest BCUT2D eigenvalue weighted by atomic mass is 15.2. The molecule has 3 heteroatoms. The summed E-state index contributed by atoms with van der Waals surface area (Å²) in [6, 6.07) is 16.5. The SMILES string of the molecule is CC(C)c1cccc(N(C(=N)N)c2cccc(C(C)C)c2)c1. The first kappa shape index (κ1) is 16.1. The Labute approximate surface area is 133 Å². The minimum atomic E-state index is 0.0295. The fraction of sp³-hybridized carbons (Fsp3) is 0.316. The fourth-order valence-corrected chi connectivity index (χ4v) is 2.47. The Kier molecular flexibility index (Phi) is 4.86. The number of anilines is 2. The van der Waals surface area contributed by atoms with E-state index in [1.54, 1.807) is 4.90 Å². The summed E-state index contributed by atoms with van der Waals surface area (Å²) in [5, 5.41) is 7.99. The van der Waals surface area contributed by atoms with E-state index in [9.17, 15) is 0 Å². The van der Waals surface area contributed by atoms with Crippen molar-refractivity contribution < 1.29 is 0 Å². The van der Waals surface area contributed by atoms with Gasteiger partial charge in [-0.2, -0.15) is 0 Å². The van der Waals surface area contributed by atoms with Gasteiger partial charge in [-0.1, -0.05) is 52.0 Å². The van der Waals surface area contributed by atoms with E-state index in [2.05, 4.69) is 52.0 Å². The molecule has 0 atom stereocenters. The maximum atomic E-state index is 7.99. The van der Waals surface area contributed by atoms with Crippen molar-refractivity contribution in [2.45, 2.75) is 39.5 Å². The average Bonchev–Trinajstić information content (AvgIpc) is 2.47. The molecule has 0 aliphatic rings. The smallest absolute Gasteiger partial charge is 0.197 e. The zero-order chi connectivity index (χ0) is 16.3. The molecule has 0 saturated carbocycles. The standard InChI is InChI=1S/C19H25N3/c1-13(2)15-7-5-9-17(11-15)22(19(20)21)18-10-6-8-16(12-18)14(3)4/h5-14H,1-4H3,(H3,20,21). The maximum absolute atomic E-state index is 7.99. The van der Waals surface area contributed by atoms with Crippen LogP contribution in [0.25, 0.3) is 0 Å². The third-order valence-corrected chi connectivity index (χ3v) is 3.83. The predicted octanol–water partition coefficient (Wildman–Crippen LogP) is 4.96. The van der Waals surface area contributed by atoms with Gasteiger partial charge in [0.1, 0.15) is 0 Å². The molecule has 0 amide bonds. The molecular formula is C19H25N3. The molecule has 116 valence electrons. The van der Waals surface area contributed by atoms with E-state index in [1.807, 2.05) is 24.3 Å². The third kappa shape index (κ3) is 3.48. The van der Waals surface area contributed by atoms with Gasteiger partial charge in [0.25, 0.3) is 0 Å². The quantitative estimate of drug-likeness (QED) is 0.618. The van der Waals surface area contributed by atoms with E-state index in [-0.39, 0.29) is 5.96 Å².